The molecule has 28 heavy (non-hydrogen) atoms. The van der Waals surface area contributed by atoms with Gasteiger partial charge in [-0.3, -0.25) is 4.79 Å². The van der Waals surface area contributed by atoms with E-state index in [1.165, 1.54) is 12.1 Å². The van der Waals surface area contributed by atoms with E-state index in [0.29, 0.717) is 49.6 Å². The molecule has 2 aliphatic heterocycles. The van der Waals surface area contributed by atoms with E-state index >= 15 is 0 Å². The molecule has 0 radical (unpaired) electrons. The zero-order valence-electron chi connectivity index (χ0n) is 15.7. The van der Waals surface area contributed by atoms with Crippen LogP contribution in [0.1, 0.15) is 25.7 Å². The van der Waals surface area contributed by atoms with Crippen LogP contribution in [-0.4, -0.2) is 57.3 Å². The molecule has 1 aromatic carbocycles. The van der Waals surface area contributed by atoms with Crippen molar-refractivity contribution < 1.29 is 22.7 Å². The fourth-order valence-electron chi connectivity index (χ4n) is 4.35. The van der Waals surface area contributed by atoms with E-state index in [4.69, 9.17) is 15.2 Å². The van der Waals surface area contributed by atoms with Crippen molar-refractivity contribution >= 4 is 28.2 Å². The summed E-state index contributed by atoms with van der Waals surface area (Å²) in [4.78, 5) is 14.5. The number of sulfone groups is 1. The van der Waals surface area contributed by atoms with Gasteiger partial charge in [0.25, 0.3) is 0 Å². The SMILES string of the molecule is Cl.NC1CCC2CN(C(=O)CCS(=O)(=O)c3ccc4c(c3)OCCCO4)CC12. The molecule has 2 fully saturated rings. The first-order valence-electron chi connectivity index (χ1n) is 9.60. The summed E-state index contributed by atoms with van der Waals surface area (Å²) in [6.07, 6.45) is 2.83. The number of carbonyl (C=O) groups is 1. The molecule has 1 aromatic rings. The van der Waals surface area contributed by atoms with Crippen LogP contribution in [0.4, 0.5) is 0 Å². The number of nitrogens with zero attached hydrogens (tertiary/aromatic N) is 1. The maximum atomic E-state index is 12.7. The summed E-state index contributed by atoms with van der Waals surface area (Å²) in [6.45, 7) is 2.42. The molecule has 3 atom stereocenters. The van der Waals surface area contributed by atoms with E-state index in [2.05, 4.69) is 0 Å². The highest BCUT2D eigenvalue weighted by Gasteiger charge is 2.42. The molecule has 3 unspecified atom stereocenters. The van der Waals surface area contributed by atoms with Crippen molar-refractivity contribution in [3.05, 3.63) is 18.2 Å². The summed E-state index contributed by atoms with van der Waals surface area (Å²) in [5.74, 6) is 1.54. The Hall–Kier alpha value is -1.51. The van der Waals surface area contributed by atoms with Gasteiger partial charge in [0.1, 0.15) is 0 Å². The molecule has 1 aliphatic carbocycles. The molecule has 2 N–H and O–H groups in total. The second-order valence-corrected chi connectivity index (χ2v) is 9.80. The molecule has 3 aliphatic rings. The molecule has 9 heteroatoms. The second-order valence-electron chi connectivity index (χ2n) is 7.69. The number of amides is 1. The predicted octanol–water partition coefficient (Wildman–Crippen LogP) is 1.63. The first-order valence-corrected chi connectivity index (χ1v) is 11.2. The van der Waals surface area contributed by atoms with E-state index in [1.54, 1.807) is 11.0 Å². The normalized spacial score (nSPS) is 26.3. The van der Waals surface area contributed by atoms with Crippen LogP contribution < -0.4 is 15.2 Å². The third-order valence-corrected chi connectivity index (χ3v) is 7.64. The van der Waals surface area contributed by atoms with E-state index < -0.39 is 9.84 Å². The Morgan fingerprint density at radius 2 is 1.89 bits per heavy atom. The van der Waals surface area contributed by atoms with Crippen LogP contribution in [0.25, 0.3) is 0 Å². The van der Waals surface area contributed by atoms with Crippen LogP contribution in [-0.2, 0) is 14.6 Å². The third-order valence-electron chi connectivity index (χ3n) is 5.93. The molecule has 4 rings (SSSR count). The molecule has 0 spiro atoms. The van der Waals surface area contributed by atoms with E-state index in [1.807, 2.05) is 0 Å². The van der Waals surface area contributed by atoms with Crippen molar-refractivity contribution in [3.63, 3.8) is 0 Å². The van der Waals surface area contributed by atoms with Crippen LogP contribution in [0.3, 0.4) is 0 Å². The number of ether oxygens (including phenoxy) is 2. The van der Waals surface area contributed by atoms with Gasteiger partial charge in [-0.25, -0.2) is 8.42 Å². The number of benzene rings is 1. The lowest BCUT2D eigenvalue weighted by Gasteiger charge is -2.19. The van der Waals surface area contributed by atoms with Crippen LogP contribution in [0.2, 0.25) is 0 Å². The monoisotopic (exact) mass is 430 g/mol. The Balaban J connectivity index is 0.00000225. The standard InChI is InChI=1S/C19H26N2O5S.ClH/c20-16-4-2-13-11-21(12-15(13)16)19(22)6-9-27(23,24)14-3-5-17-18(10-14)26-8-1-7-25-17;/h3,5,10,13,15-16H,1-2,4,6-9,11-12,20H2;1H. The van der Waals surface area contributed by atoms with Gasteiger partial charge in [-0.05, 0) is 36.8 Å². The number of likely N-dealkylation sites (tertiary alicyclic amines) is 1. The molecule has 1 saturated heterocycles. The number of carbonyl (C=O) groups excluding carboxylic acids is 1. The summed E-state index contributed by atoms with van der Waals surface area (Å²) >= 11 is 0. The van der Waals surface area contributed by atoms with Gasteiger partial charge in [0, 0.05) is 38.0 Å². The Kier molecular flexibility index (Phi) is 6.41. The van der Waals surface area contributed by atoms with Crippen molar-refractivity contribution in [1.29, 1.82) is 0 Å². The van der Waals surface area contributed by atoms with E-state index in [-0.39, 0.29) is 41.4 Å². The lowest BCUT2D eigenvalue weighted by Crippen LogP contribution is -2.34. The first kappa shape index (κ1) is 21.2. The highest BCUT2D eigenvalue weighted by molar-refractivity contribution is 7.91. The molecule has 1 amide bonds. The lowest BCUT2D eigenvalue weighted by molar-refractivity contribution is -0.130. The molecule has 7 nitrogen and oxygen atoms in total. The van der Waals surface area contributed by atoms with Gasteiger partial charge in [0.15, 0.2) is 21.3 Å². The van der Waals surface area contributed by atoms with Gasteiger partial charge in [-0.2, -0.15) is 0 Å². The summed E-state index contributed by atoms with van der Waals surface area (Å²) < 4.78 is 36.5. The topological polar surface area (TPSA) is 98.9 Å². The van der Waals surface area contributed by atoms with Crippen molar-refractivity contribution in [2.75, 3.05) is 32.1 Å². The van der Waals surface area contributed by atoms with Crippen LogP contribution >= 0.6 is 12.4 Å². The van der Waals surface area contributed by atoms with Crippen molar-refractivity contribution in [1.82, 2.24) is 4.90 Å². The van der Waals surface area contributed by atoms with Gasteiger partial charge in [-0.15, -0.1) is 12.4 Å². The molecular weight excluding hydrogens is 404 g/mol. The quantitative estimate of drug-likeness (QED) is 0.779. The Bertz CT molecular complexity index is 832. The Morgan fingerprint density at radius 1 is 1.14 bits per heavy atom. The zero-order valence-corrected chi connectivity index (χ0v) is 17.3. The minimum atomic E-state index is -3.57. The number of nitrogens with two attached hydrogens (primary N) is 1. The largest absolute Gasteiger partial charge is 0.490 e. The lowest BCUT2D eigenvalue weighted by atomic mass is 9.98. The smallest absolute Gasteiger partial charge is 0.223 e. The molecule has 2 heterocycles. The molecule has 0 bridgehead atoms. The number of halogens is 1. The zero-order chi connectivity index (χ0) is 19.0. The molecular formula is C19H27ClN2O5S. The van der Waals surface area contributed by atoms with Crippen LogP contribution in [0.15, 0.2) is 23.1 Å². The van der Waals surface area contributed by atoms with E-state index in [0.717, 1.165) is 19.3 Å². The average Bonchev–Trinajstić information content (AvgIpc) is 3.13. The molecule has 0 aromatic heterocycles. The summed E-state index contributed by atoms with van der Waals surface area (Å²) in [7, 11) is -3.57. The van der Waals surface area contributed by atoms with Gasteiger partial charge in [0.05, 0.1) is 23.9 Å². The number of fused-ring (bicyclic) bond motifs is 2. The first-order chi connectivity index (χ1) is 12.9. The second kappa shape index (κ2) is 8.47. The Morgan fingerprint density at radius 3 is 2.64 bits per heavy atom. The minimum Gasteiger partial charge on any atom is -0.490 e. The average molecular weight is 431 g/mol. The molecule has 1 saturated carbocycles. The fraction of sp³-hybridized carbons (Fsp3) is 0.632. The van der Waals surface area contributed by atoms with Gasteiger partial charge >= 0.3 is 0 Å². The molecule has 156 valence electrons. The van der Waals surface area contributed by atoms with Gasteiger partial charge in [0.2, 0.25) is 5.91 Å². The summed E-state index contributed by atoms with van der Waals surface area (Å²) in [5.41, 5.74) is 6.11. The summed E-state index contributed by atoms with van der Waals surface area (Å²) in [5, 5.41) is 0. The number of hydrogen-bond acceptors (Lipinski definition) is 6. The number of hydrogen-bond donors (Lipinski definition) is 1. The van der Waals surface area contributed by atoms with Crippen molar-refractivity contribution in [3.8, 4) is 11.5 Å². The highest BCUT2D eigenvalue weighted by atomic mass is 35.5. The summed E-state index contributed by atoms with van der Waals surface area (Å²) in [6, 6.07) is 4.81. The minimum absolute atomic E-state index is 0. The van der Waals surface area contributed by atoms with Gasteiger partial charge < -0.3 is 20.1 Å². The van der Waals surface area contributed by atoms with E-state index in [9.17, 15) is 13.2 Å². The Labute approximate surface area is 171 Å². The predicted molar refractivity (Wildman–Crippen MR) is 107 cm³/mol. The number of rotatable bonds is 4. The third kappa shape index (κ3) is 4.23. The van der Waals surface area contributed by atoms with Crippen molar-refractivity contribution in [2.45, 2.75) is 36.6 Å². The maximum Gasteiger partial charge on any atom is 0.223 e. The van der Waals surface area contributed by atoms with Gasteiger partial charge in [-0.1, -0.05) is 0 Å². The van der Waals surface area contributed by atoms with Crippen molar-refractivity contribution in [2.24, 2.45) is 17.6 Å². The fourth-order valence-corrected chi connectivity index (χ4v) is 5.59. The highest BCUT2D eigenvalue weighted by Crippen LogP contribution is 2.37. The van der Waals surface area contributed by atoms with Crippen LogP contribution in [0.5, 0.6) is 11.5 Å². The van der Waals surface area contributed by atoms with Crippen LogP contribution in [0, 0.1) is 11.8 Å². The maximum absolute atomic E-state index is 12.7.